The molecule has 1 amide bonds. The second kappa shape index (κ2) is 6.26. The first-order valence-corrected chi connectivity index (χ1v) is 6.58. The van der Waals surface area contributed by atoms with Gasteiger partial charge in [-0.15, -0.1) is 0 Å². The molecule has 1 aromatic rings. The fraction of sp³-hybridized carbons (Fsp3) is 0.500. The van der Waals surface area contributed by atoms with Gasteiger partial charge in [-0.1, -0.05) is 32.4 Å². The third-order valence-corrected chi connectivity index (χ3v) is 2.90. The number of nitrogens with two attached hydrogens (primary N) is 1. The van der Waals surface area contributed by atoms with Gasteiger partial charge in [0.05, 0.1) is 16.7 Å². The zero-order valence-corrected chi connectivity index (χ0v) is 12.3. The highest BCUT2D eigenvalue weighted by atomic mass is 35.5. The Kier molecular flexibility index (Phi) is 5.20. The molecule has 0 aromatic heterocycles. The van der Waals surface area contributed by atoms with Gasteiger partial charge in [-0.3, -0.25) is 4.79 Å². The van der Waals surface area contributed by atoms with Gasteiger partial charge in [0.15, 0.2) is 0 Å². The number of hydrogen-bond acceptors (Lipinski definition) is 3. The van der Waals surface area contributed by atoms with Crippen LogP contribution in [0.15, 0.2) is 18.2 Å². The van der Waals surface area contributed by atoms with E-state index in [1.807, 2.05) is 20.8 Å². The Morgan fingerprint density at radius 1 is 1.47 bits per heavy atom. The molecule has 0 aliphatic heterocycles. The molecule has 19 heavy (non-hydrogen) atoms. The van der Waals surface area contributed by atoms with Crippen molar-refractivity contribution < 1.29 is 9.90 Å². The van der Waals surface area contributed by atoms with E-state index in [-0.39, 0.29) is 17.9 Å². The van der Waals surface area contributed by atoms with Crippen LogP contribution in [0, 0.1) is 5.41 Å². The van der Waals surface area contributed by atoms with E-state index in [4.69, 9.17) is 17.3 Å². The topological polar surface area (TPSA) is 75.3 Å². The standard InChI is InChI=1S/C14H21ClN2O2/c1-14(2,3)7-10(18)8-17-13(19)11-5-4-9(16)6-12(11)15/h4-6,10,18H,7-8,16H2,1-3H3,(H,17,19). The van der Waals surface area contributed by atoms with E-state index in [0.29, 0.717) is 22.7 Å². The van der Waals surface area contributed by atoms with Crippen molar-refractivity contribution in [1.82, 2.24) is 5.32 Å². The van der Waals surface area contributed by atoms with Crippen molar-refractivity contribution in [2.45, 2.75) is 33.3 Å². The van der Waals surface area contributed by atoms with Gasteiger partial charge < -0.3 is 16.2 Å². The van der Waals surface area contributed by atoms with E-state index < -0.39 is 6.10 Å². The molecule has 0 aliphatic carbocycles. The lowest BCUT2D eigenvalue weighted by Crippen LogP contribution is -2.34. The van der Waals surface area contributed by atoms with E-state index in [2.05, 4.69) is 5.32 Å². The molecule has 1 rings (SSSR count). The Morgan fingerprint density at radius 2 is 2.11 bits per heavy atom. The predicted molar refractivity (Wildman–Crippen MR) is 78.3 cm³/mol. The van der Waals surface area contributed by atoms with E-state index in [9.17, 15) is 9.90 Å². The molecule has 0 bridgehead atoms. The average molecular weight is 285 g/mol. The second-order valence-electron chi connectivity index (χ2n) is 5.87. The fourth-order valence-corrected chi connectivity index (χ4v) is 2.08. The maximum Gasteiger partial charge on any atom is 0.252 e. The summed E-state index contributed by atoms with van der Waals surface area (Å²) in [4.78, 5) is 11.9. The number of carbonyl (C=O) groups excluding carboxylic acids is 1. The van der Waals surface area contributed by atoms with Crippen LogP contribution in [-0.4, -0.2) is 23.7 Å². The molecule has 0 saturated carbocycles. The maximum absolute atomic E-state index is 11.9. The molecule has 4 nitrogen and oxygen atoms in total. The number of aliphatic hydroxyl groups is 1. The molecular weight excluding hydrogens is 264 g/mol. The highest BCUT2D eigenvalue weighted by Crippen LogP contribution is 2.21. The first-order valence-electron chi connectivity index (χ1n) is 6.20. The Hall–Kier alpha value is -1.26. The predicted octanol–water partition coefficient (Wildman–Crippen LogP) is 2.45. The number of nitrogens with one attached hydrogen (secondary N) is 1. The molecule has 0 spiro atoms. The lowest BCUT2D eigenvalue weighted by atomic mass is 9.89. The number of carbonyl (C=O) groups is 1. The Labute approximate surface area is 118 Å². The molecule has 0 aliphatic rings. The second-order valence-corrected chi connectivity index (χ2v) is 6.28. The van der Waals surface area contributed by atoms with E-state index in [1.54, 1.807) is 12.1 Å². The molecule has 5 heteroatoms. The summed E-state index contributed by atoms with van der Waals surface area (Å²) < 4.78 is 0. The molecule has 0 fully saturated rings. The summed E-state index contributed by atoms with van der Waals surface area (Å²) in [5.41, 5.74) is 6.45. The molecule has 1 unspecified atom stereocenters. The first kappa shape index (κ1) is 15.8. The normalized spacial score (nSPS) is 13.1. The number of rotatable bonds is 4. The summed E-state index contributed by atoms with van der Waals surface area (Å²) in [6.45, 7) is 6.31. The van der Waals surface area contributed by atoms with Crippen molar-refractivity contribution in [2.75, 3.05) is 12.3 Å². The summed E-state index contributed by atoms with van der Waals surface area (Å²) in [5, 5.41) is 12.8. The molecular formula is C14H21ClN2O2. The minimum Gasteiger partial charge on any atom is -0.399 e. The molecule has 4 N–H and O–H groups in total. The third-order valence-electron chi connectivity index (χ3n) is 2.58. The highest BCUT2D eigenvalue weighted by molar-refractivity contribution is 6.34. The van der Waals surface area contributed by atoms with Crippen molar-refractivity contribution >= 4 is 23.2 Å². The lowest BCUT2D eigenvalue weighted by Gasteiger charge is -2.22. The van der Waals surface area contributed by atoms with Crippen molar-refractivity contribution in [2.24, 2.45) is 5.41 Å². The van der Waals surface area contributed by atoms with Gasteiger partial charge in [0.25, 0.3) is 5.91 Å². The van der Waals surface area contributed by atoms with Crippen LogP contribution in [0.2, 0.25) is 5.02 Å². The Bertz CT molecular complexity index is 455. The Morgan fingerprint density at radius 3 is 2.63 bits per heavy atom. The largest absolute Gasteiger partial charge is 0.399 e. The van der Waals surface area contributed by atoms with Crippen LogP contribution < -0.4 is 11.1 Å². The fourth-order valence-electron chi connectivity index (χ4n) is 1.80. The highest BCUT2D eigenvalue weighted by Gasteiger charge is 2.18. The number of hydrogen-bond donors (Lipinski definition) is 3. The minimum atomic E-state index is -0.573. The van der Waals surface area contributed by atoms with Gasteiger partial charge in [0.2, 0.25) is 0 Å². The van der Waals surface area contributed by atoms with Crippen LogP contribution >= 0.6 is 11.6 Å². The first-order chi connectivity index (χ1) is 8.69. The molecule has 0 saturated heterocycles. The molecule has 0 heterocycles. The van der Waals surface area contributed by atoms with Gasteiger partial charge in [0, 0.05) is 12.2 Å². The molecule has 0 radical (unpaired) electrons. The zero-order valence-electron chi connectivity index (χ0n) is 11.5. The van der Waals surface area contributed by atoms with Crippen LogP contribution in [0.5, 0.6) is 0 Å². The lowest BCUT2D eigenvalue weighted by molar-refractivity contribution is 0.0869. The third kappa shape index (κ3) is 5.49. The van der Waals surface area contributed by atoms with Gasteiger partial charge >= 0.3 is 0 Å². The number of halogens is 1. The van der Waals surface area contributed by atoms with E-state index in [1.165, 1.54) is 6.07 Å². The summed E-state index contributed by atoms with van der Waals surface area (Å²) in [6.07, 6.45) is 0.0412. The number of nitrogen functional groups attached to an aromatic ring is 1. The quantitative estimate of drug-likeness (QED) is 0.744. The molecule has 1 atom stereocenters. The number of benzene rings is 1. The van der Waals surface area contributed by atoms with E-state index in [0.717, 1.165) is 0 Å². The monoisotopic (exact) mass is 284 g/mol. The van der Waals surface area contributed by atoms with Crippen molar-refractivity contribution in [3.05, 3.63) is 28.8 Å². The smallest absolute Gasteiger partial charge is 0.252 e. The summed E-state index contributed by atoms with van der Waals surface area (Å²) in [6, 6.07) is 4.72. The van der Waals surface area contributed by atoms with Gasteiger partial charge in [0.1, 0.15) is 0 Å². The number of aliphatic hydroxyl groups excluding tert-OH is 1. The average Bonchev–Trinajstić information content (AvgIpc) is 2.23. The zero-order chi connectivity index (χ0) is 14.6. The van der Waals surface area contributed by atoms with Crippen molar-refractivity contribution in [1.29, 1.82) is 0 Å². The van der Waals surface area contributed by atoms with Crippen LogP contribution in [0.3, 0.4) is 0 Å². The maximum atomic E-state index is 11.9. The van der Waals surface area contributed by atoms with Gasteiger partial charge in [-0.2, -0.15) is 0 Å². The van der Waals surface area contributed by atoms with Gasteiger partial charge in [-0.25, -0.2) is 0 Å². The van der Waals surface area contributed by atoms with Crippen molar-refractivity contribution in [3.8, 4) is 0 Å². The van der Waals surface area contributed by atoms with Crippen molar-refractivity contribution in [3.63, 3.8) is 0 Å². The minimum absolute atomic E-state index is 0.0169. The SMILES string of the molecule is CC(C)(C)CC(O)CNC(=O)c1ccc(N)cc1Cl. The molecule has 106 valence electrons. The van der Waals surface area contributed by atoms with Gasteiger partial charge in [-0.05, 0) is 30.0 Å². The molecule has 1 aromatic carbocycles. The number of anilines is 1. The Balaban J connectivity index is 2.56. The van der Waals surface area contributed by atoms with Crippen LogP contribution in [0.4, 0.5) is 5.69 Å². The summed E-state index contributed by atoms with van der Waals surface area (Å²) in [5.74, 6) is -0.307. The van der Waals surface area contributed by atoms with Crippen LogP contribution in [0.25, 0.3) is 0 Å². The number of amides is 1. The van der Waals surface area contributed by atoms with Crippen LogP contribution in [0.1, 0.15) is 37.6 Å². The van der Waals surface area contributed by atoms with E-state index >= 15 is 0 Å². The summed E-state index contributed by atoms with van der Waals surface area (Å²) in [7, 11) is 0. The van der Waals surface area contributed by atoms with Crippen LogP contribution in [-0.2, 0) is 0 Å². The summed E-state index contributed by atoms with van der Waals surface area (Å²) >= 11 is 5.94.